The molecule has 0 bridgehead atoms. The van der Waals surface area contributed by atoms with E-state index in [2.05, 4.69) is 79.6 Å². The Labute approximate surface area is 169 Å². The third kappa shape index (κ3) is 3.50. The van der Waals surface area contributed by atoms with Crippen LogP contribution in [0.15, 0.2) is 85.8 Å². The van der Waals surface area contributed by atoms with Crippen molar-refractivity contribution in [2.75, 3.05) is 0 Å². The molecular weight excluding hydrogens is 454 g/mol. The van der Waals surface area contributed by atoms with Crippen LogP contribution in [0.4, 0.5) is 5.69 Å². The third-order valence-corrected chi connectivity index (χ3v) is 5.18. The Bertz CT molecular complexity index is 1020. The van der Waals surface area contributed by atoms with E-state index in [1.165, 1.54) is 5.56 Å². The fourth-order valence-corrected chi connectivity index (χ4v) is 3.40. The predicted octanol–water partition coefficient (Wildman–Crippen LogP) is 5.95. The number of nitrogens with zero attached hydrogens (tertiary/aromatic N) is 2. The Kier molecular flexibility index (Phi) is 4.74. The fraction of sp³-hybridized carbons (Fsp3) is 0.0476. The zero-order valence-corrected chi connectivity index (χ0v) is 17.2. The molecule has 128 valence electrons. The minimum Gasteiger partial charge on any atom is -0.260 e. The predicted molar refractivity (Wildman–Crippen MR) is 114 cm³/mol. The van der Waals surface area contributed by atoms with Gasteiger partial charge in [-0.15, -0.1) is 0 Å². The molecule has 0 aromatic heterocycles. The van der Waals surface area contributed by atoms with Crippen LogP contribution in [-0.4, -0.2) is 11.5 Å². The van der Waals surface area contributed by atoms with Crippen LogP contribution < -0.4 is 5.43 Å². The molecule has 0 amide bonds. The quantitative estimate of drug-likeness (QED) is 0.495. The maximum atomic E-state index is 4.83. The molecule has 0 spiro atoms. The van der Waals surface area contributed by atoms with Crippen molar-refractivity contribution >= 4 is 49.1 Å². The van der Waals surface area contributed by atoms with E-state index in [1.54, 1.807) is 0 Å². The number of hydrazone groups is 1. The Balaban J connectivity index is 1.85. The van der Waals surface area contributed by atoms with E-state index in [0.29, 0.717) is 0 Å². The number of fused-ring (bicyclic) bond motifs is 1. The van der Waals surface area contributed by atoms with E-state index in [0.717, 1.165) is 42.9 Å². The molecule has 1 aliphatic heterocycles. The summed E-state index contributed by atoms with van der Waals surface area (Å²) in [5.41, 5.74) is 9.15. The Morgan fingerprint density at radius 1 is 0.769 bits per heavy atom. The van der Waals surface area contributed by atoms with Gasteiger partial charge in [-0.25, -0.2) is 4.99 Å². The summed E-state index contributed by atoms with van der Waals surface area (Å²) in [6.07, 6.45) is 0. The van der Waals surface area contributed by atoms with Crippen molar-refractivity contribution in [2.24, 2.45) is 10.1 Å². The van der Waals surface area contributed by atoms with E-state index in [9.17, 15) is 0 Å². The van der Waals surface area contributed by atoms with E-state index in [4.69, 9.17) is 4.99 Å². The minimum atomic E-state index is 0.725. The summed E-state index contributed by atoms with van der Waals surface area (Å²) in [7, 11) is 0. The molecule has 3 aromatic rings. The van der Waals surface area contributed by atoms with Gasteiger partial charge in [0.05, 0.1) is 5.69 Å². The highest BCUT2D eigenvalue weighted by Crippen LogP contribution is 2.29. The number of hydrogen-bond acceptors (Lipinski definition) is 3. The first kappa shape index (κ1) is 17.2. The van der Waals surface area contributed by atoms with Crippen molar-refractivity contribution < 1.29 is 0 Å². The molecule has 0 atom stereocenters. The number of benzene rings is 3. The highest BCUT2D eigenvalue weighted by molar-refractivity contribution is 9.10. The van der Waals surface area contributed by atoms with Crippen LogP contribution in [0.3, 0.4) is 0 Å². The monoisotopic (exact) mass is 467 g/mol. The Morgan fingerprint density at radius 3 is 2.15 bits per heavy atom. The number of amidine groups is 1. The molecule has 3 nitrogen and oxygen atoms in total. The number of halogens is 2. The van der Waals surface area contributed by atoms with Gasteiger partial charge in [-0.2, -0.15) is 5.10 Å². The average molecular weight is 469 g/mol. The Morgan fingerprint density at radius 2 is 1.42 bits per heavy atom. The third-order valence-electron chi connectivity index (χ3n) is 4.16. The van der Waals surface area contributed by atoms with Gasteiger partial charge in [0, 0.05) is 25.6 Å². The number of aryl methyl sites for hydroxylation is 1. The molecule has 0 unspecified atom stereocenters. The normalized spacial score (nSPS) is 13.2. The van der Waals surface area contributed by atoms with Crippen molar-refractivity contribution in [1.82, 2.24) is 5.43 Å². The first-order chi connectivity index (χ1) is 12.6. The average Bonchev–Trinajstić information content (AvgIpc) is 2.83. The highest BCUT2D eigenvalue weighted by atomic mass is 79.9. The maximum Gasteiger partial charge on any atom is 0.154 e. The van der Waals surface area contributed by atoms with E-state index in [1.807, 2.05) is 36.4 Å². The van der Waals surface area contributed by atoms with Crippen LogP contribution in [0.25, 0.3) is 0 Å². The summed E-state index contributed by atoms with van der Waals surface area (Å²) in [6, 6.07) is 22.5. The summed E-state index contributed by atoms with van der Waals surface area (Å²) in [4.78, 5) is 4.83. The number of hydrogen-bond donors (Lipinski definition) is 1. The van der Waals surface area contributed by atoms with Crippen molar-refractivity contribution in [3.63, 3.8) is 0 Å². The van der Waals surface area contributed by atoms with Crippen molar-refractivity contribution in [3.05, 3.63) is 97.9 Å². The summed E-state index contributed by atoms with van der Waals surface area (Å²) >= 11 is 7.04. The molecular formula is C21H15Br2N3. The molecule has 1 heterocycles. The molecule has 0 fully saturated rings. The molecule has 0 aliphatic carbocycles. The summed E-state index contributed by atoms with van der Waals surface area (Å²) in [6.45, 7) is 2.08. The molecule has 26 heavy (non-hydrogen) atoms. The zero-order valence-electron chi connectivity index (χ0n) is 14.0. The van der Waals surface area contributed by atoms with E-state index < -0.39 is 0 Å². The van der Waals surface area contributed by atoms with Gasteiger partial charge < -0.3 is 0 Å². The zero-order chi connectivity index (χ0) is 18.1. The standard InChI is InChI=1S/C21H15Br2N3/c1-13-2-4-14(5-3-13)20-18-12-17(23)10-11-19(18)24-21(26-25-20)15-6-8-16(22)9-7-15/h2-12H,1H3,(H,24,26). The molecule has 1 N–H and O–H groups in total. The van der Waals surface area contributed by atoms with E-state index in [-0.39, 0.29) is 0 Å². The number of rotatable bonds is 2. The molecule has 1 aliphatic rings. The largest absolute Gasteiger partial charge is 0.260 e. The smallest absolute Gasteiger partial charge is 0.154 e. The second-order valence-electron chi connectivity index (χ2n) is 6.07. The van der Waals surface area contributed by atoms with E-state index >= 15 is 0 Å². The summed E-state index contributed by atoms with van der Waals surface area (Å²) in [5.74, 6) is 0.725. The second-order valence-corrected chi connectivity index (χ2v) is 7.90. The first-order valence-corrected chi connectivity index (χ1v) is 9.74. The van der Waals surface area contributed by atoms with Gasteiger partial charge in [0.25, 0.3) is 0 Å². The molecule has 3 aromatic carbocycles. The lowest BCUT2D eigenvalue weighted by Crippen LogP contribution is -2.19. The van der Waals surface area contributed by atoms with Gasteiger partial charge in [-0.1, -0.05) is 73.8 Å². The maximum absolute atomic E-state index is 4.83. The van der Waals surface area contributed by atoms with Crippen LogP contribution in [0, 0.1) is 6.92 Å². The summed E-state index contributed by atoms with van der Waals surface area (Å²) in [5, 5.41) is 4.69. The highest BCUT2D eigenvalue weighted by Gasteiger charge is 2.17. The van der Waals surface area contributed by atoms with Crippen LogP contribution in [0.5, 0.6) is 0 Å². The number of aliphatic imine (C=N–C) groups is 1. The molecule has 0 radical (unpaired) electrons. The summed E-state index contributed by atoms with van der Waals surface area (Å²) < 4.78 is 2.03. The van der Waals surface area contributed by atoms with Gasteiger partial charge in [0.1, 0.15) is 5.71 Å². The molecule has 5 heteroatoms. The van der Waals surface area contributed by atoms with Gasteiger partial charge in [-0.05, 0) is 37.3 Å². The van der Waals surface area contributed by atoms with Crippen molar-refractivity contribution in [1.29, 1.82) is 0 Å². The SMILES string of the molecule is Cc1ccc(C2=NNC(c3ccc(Br)cc3)=Nc3ccc(Br)cc32)cc1. The lowest BCUT2D eigenvalue weighted by molar-refractivity contribution is 1.03. The van der Waals surface area contributed by atoms with Crippen molar-refractivity contribution in [3.8, 4) is 0 Å². The van der Waals surface area contributed by atoms with Gasteiger partial charge in [0.2, 0.25) is 0 Å². The molecule has 4 rings (SSSR count). The first-order valence-electron chi connectivity index (χ1n) is 8.15. The van der Waals surface area contributed by atoms with Gasteiger partial charge in [0.15, 0.2) is 5.84 Å². The van der Waals surface area contributed by atoms with Gasteiger partial charge in [-0.3, -0.25) is 5.43 Å². The topological polar surface area (TPSA) is 36.8 Å². The lowest BCUT2D eigenvalue weighted by atomic mass is 10.00. The second kappa shape index (κ2) is 7.17. The molecule has 0 saturated heterocycles. The number of nitrogens with one attached hydrogen (secondary N) is 1. The van der Waals surface area contributed by atoms with Crippen LogP contribution in [0.1, 0.15) is 22.3 Å². The van der Waals surface area contributed by atoms with Crippen LogP contribution in [-0.2, 0) is 0 Å². The lowest BCUT2D eigenvalue weighted by Gasteiger charge is -2.08. The molecule has 0 saturated carbocycles. The van der Waals surface area contributed by atoms with Gasteiger partial charge >= 0.3 is 0 Å². The van der Waals surface area contributed by atoms with Crippen LogP contribution >= 0.6 is 31.9 Å². The van der Waals surface area contributed by atoms with Crippen molar-refractivity contribution in [2.45, 2.75) is 6.92 Å². The Hall–Kier alpha value is -2.24. The fourth-order valence-electron chi connectivity index (χ4n) is 2.78. The van der Waals surface area contributed by atoms with Crippen LogP contribution in [0.2, 0.25) is 0 Å². The minimum absolute atomic E-state index is 0.725.